The van der Waals surface area contributed by atoms with Gasteiger partial charge in [0.25, 0.3) is 0 Å². The number of benzene rings is 3. The maximum atomic E-state index is 13.6. The molecule has 1 atom stereocenters. The fraction of sp³-hybridized carbons (Fsp3) is 0.208. The topological polar surface area (TPSA) is 63.4 Å². The molecule has 1 saturated heterocycles. The summed E-state index contributed by atoms with van der Waals surface area (Å²) < 4.78 is 60.4. The predicted molar refractivity (Wildman–Crippen MR) is 117 cm³/mol. The van der Waals surface area contributed by atoms with Crippen molar-refractivity contribution in [1.29, 1.82) is 0 Å². The minimum Gasteiger partial charge on any atom is -0.439 e. The van der Waals surface area contributed by atoms with Gasteiger partial charge < -0.3 is 4.42 Å². The average Bonchev–Trinajstić information content (AvgIpc) is 3.43. The van der Waals surface area contributed by atoms with Gasteiger partial charge in [0.2, 0.25) is 15.9 Å². The summed E-state index contributed by atoms with van der Waals surface area (Å²) in [6.07, 6.45) is 1.34. The molecule has 0 aliphatic carbocycles. The zero-order valence-corrected chi connectivity index (χ0v) is 17.9. The van der Waals surface area contributed by atoms with Gasteiger partial charge >= 0.3 is 0 Å². The van der Waals surface area contributed by atoms with Gasteiger partial charge in [0, 0.05) is 6.54 Å². The summed E-state index contributed by atoms with van der Waals surface area (Å²) in [6, 6.07) is 17.5. The first-order valence-corrected chi connectivity index (χ1v) is 11.9. The first-order valence-electron chi connectivity index (χ1n) is 10.3. The number of aromatic nitrogens is 1. The number of fused-ring (bicyclic) bond motifs is 1. The molecule has 0 saturated carbocycles. The Morgan fingerprint density at radius 3 is 2.50 bits per heavy atom. The van der Waals surface area contributed by atoms with Crippen molar-refractivity contribution in [1.82, 2.24) is 9.29 Å². The van der Waals surface area contributed by atoms with Crippen LogP contribution in [-0.2, 0) is 15.8 Å². The van der Waals surface area contributed by atoms with Crippen LogP contribution in [0.1, 0.15) is 30.3 Å². The van der Waals surface area contributed by atoms with Crippen LogP contribution in [0.3, 0.4) is 0 Å². The predicted octanol–water partition coefficient (Wildman–Crippen LogP) is 5.44. The lowest BCUT2D eigenvalue weighted by Crippen LogP contribution is -2.31. The third-order valence-corrected chi connectivity index (χ3v) is 7.54. The summed E-state index contributed by atoms with van der Waals surface area (Å²) in [5, 5.41) is 0. The third-order valence-electron chi connectivity index (χ3n) is 5.69. The van der Waals surface area contributed by atoms with Gasteiger partial charge in [0.1, 0.15) is 11.6 Å². The lowest BCUT2D eigenvalue weighted by atomic mass is 10.1. The fourth-order valence-electron chi connectivity index (χ4n) is 4.13. The molecule has 1 aliphatic rings. The molecule has 1 fully saturated rings. The van der Waals surface area contributed by atoms with E-state index >= 15 is 0 Å². The fourth-order valence-corrected chi connectivity index (χ4v) is 5.90. The molecule has 1 aromatic heterocycles. The Morgan fingerprint density at radius 2 is 1.72 bits per heavy atom. The highest BCUT2D eigenvalue weighted by Gasteiger charge is 2.38. The van der Waals surface area contributed by atoms with Gasteiger partial charge in [-0.1, -0.05) is 42.5 Å². The van der Waals surface area contributed by atoms with E-state index in [1.54, 1.807) is 30.3 Å². The standard InChI is InChI=1S/C24H20F2N2O3S/c25-19-10-8-17(13-20(19)26)18-9-11-23-21(14-18)27-24(31-23)22-7-4-12-28(22)32(29,30)15-16-5-2-1-3-6-16/h1-3,5-6,8-11,13-14,22H,4,7,12,15H2/t22-/m0/s1. The molecule has 1 aliphatic heterocycles. The Morgan fingerprint density at radius 1 is 0.969 bits per heavy atom. The molecular weight excluding hydrogens is 434 g/mol. The molecule has 164 valence electrons. The van der Waals surface area contributed by atoms with Crippen LogP contribution in [0.2, 0.25) is 0 Å². The summed E-state index contributed by atoms with van der Waals surface area (Å²) >= 11 is 0. The van der Waals surface area contributed by atoms with Crippen molar-refractivity contribution >= 4 is 21.1 Å². The van der Waals surface area contributed by atoms with Crippen molar-refractivity contribution in [2.75, 3.05) is 6.54 Å². The molecule has 0 bridgehead atoms. The zero-order chi connectivity index (χ0) is 22.3. The Labute approximate surface area is 184 Å². The first kappa shape index (κ1) is 20.8. The number of hydrogen-bond acceptors (Lipinski definition) is 4. The summed E-state index contributed by atoms with van der Waals surface area (Å²) in [5.41, 5.74) is 2.96. The highest BCUT2D eigenvalue weighted by molar-refractivity contribution is 7.88. The Bertz CT molecular complexity index is 1390. The Balaban J connectivity index is 1.45. The normalized spacial score (nSPS) is 17.2. The lowest BCUT2D eigenvalue weighted by molar-refractivity contribution is 0.337. The van der Waals surface area contributed by atoms with E-state index in [1.807, 2.05) is 18.2 Å². The van der Waals surface area contributed by atoms with Gasteiger partial charge in [0.15, 0.2) is 17.2 Å². The van der Waals surface area contributed by atoms with Crippen molar-refractivity contribution in [2.24, 2.45) is 0 Å². The van der Waals surface area contributed by atoms with Crippen LogP contribution in [0, 0.1) is 11.6 Å². The molecule has 2 heterocycles. The zero-order valence-electron chi connectivity index (χ0n) is 17.0. The summed E-state index contributed by atoms with van der Waals surface area (Å²) in [7, 11) is -3.55. The maximum Gasteiger partial charge on any atom is 0.219 e. The van der Waals surface area contributed by atoms with E-state index in [1.165, 1.54) is 10.4 Å². The van der Waals surface area contributed by atoms with Crippen LogP contribution in [0.25, 0.3) is 22.2 Å². The van der Waals surface area contributed by atoms with Crippen LogP contribution >= 0.6 is 0 Å². The van der Waals surface area contributed by atoms with Crippen molar-refractivity contribution in [3.8, 4) is 11.1 Å². The molecule has 0 spiro atoms. The van der Waals surface area contributed by atoms with E-state index in [0.717, 1.165) is 24.1 Å². The van der Waals surface area contributed by atoms with E-state index in [4.69, 9.17) is 4.42 Å². The second-order valence-electron chi connectivity index (χ2n) is 7.87. The summed E-state index contributed by atoms with van der Waals surface area (Å²) in [4.78, 5) is 4.55. The van der Waals surface area contributed by atoms with Crippen LogP contribution in [0.4, 0.5) is 8.78 Å². The monoisotopic (exact) mass is 454 g/mol. The van der Waals surface area contributed by atoms with Crippen molar-refractivity contribution in [3.63, 3.8) is 0 Å². The molecule has 32 heavy (non-hydrogen) atoms. The molecule has 3 aromatic carbocycles. The van der Waals surface area contributed by atoms with Crippen molar-refractivity contribution in [2.45, 2.75) is 24.6 Å². The Kier molecular flexibility index (Phi) is 5.27. The van der Waals surface area contributed by atoms with E-state index < -0.39 is 27.7 Å². The molecule has 5 rings (SSSR count). The maximum absolute atomic E-state index is 13.6. The smallest absolute Gasteiger partial charge is 0.219 e. The van der Waals surface area contributed by atoms with Crippen LogP contribution in [-0.4, -0.2) is 24.3 Å². The molecule has 0 unspecified atom stereocenters. The Hall–Kier alpha value is -3.10. The minimum absolute atomic E-state index is 0.0785. The molecule has 0 amide bonds. The van der Waals surface area contributed by atoms with Gasteiger partial charge in [-0.2, -0.15) is 4.31 Å². The van der Waals surface area contributed by atoms with Crippen LogP contribution in [0.5, 0.6) is 0 Å². The van der Waals surface area contributed by atoms with Gasteiger partial charge in [-0.25, -0.2) is 22.2 Å². The third kappa shape index (κ3) is 3.91. The van der Waals surface area contributed by atoms with Gasteiger partial charge in [-0.3, -0.25) is 0 Å². The molecule has 8 heteroatoms. The molecular formula is C24H20F2N2O3S. The molecule has 5 nitrogen and oxygen atoms in total. The quantitative estimate of drug-likeness (QED) is 0.403. The van der Waals surface area contributed by atoms with Crippen molar-refractivity contribution < 1.29 is 21.6 Å². The van der Waals surface area contributed by atoms with E-state index in [9.17, 15) is 17.2 Å². The van der Waals surface area contributed by atoms with Crippen LogP contribution < -0.4 is 0 Å². The average molecular weight is 454 g/mol. The van der Waals surface area contributed by atoms with Gasteiger partial charge in [-0.15, -0.1) is 0 Å². The van der Waals surface area contributed by atoms with Crippen molar-refractivity contribution in [3.05, 3.63) is 89.8 Å². The highest BCUT2D eigenvalue weighted by Crippen LogP contribution is 2.37. The molecule has 4 aromatic rings. The SMILES string of the molecule is O=S(=O)(Cc1ccccc1)N1CCC[C@H]1c1nc2cc(-c3ccc(F)c(F)c3)ccc2o1. The van der Waals surface area contributed by atoms with E-state index in [2.05, 4.69) is 4.98 Å². The molecule has 0 radical (unpaired) electrons. The summed E-state index contributed by atoms with van der Waals surface area (Å²) in [6.45, 7) is 0.415. The molecule has 0 N–H and O–H groups in total. The number of hydrogen-bond donors (Lipinski definition) is 0. The number of rotatable bonds is 5. The van der Waals surface area contributed by atoms with Gasteiger partial charge in [0.05, 0.1) is 5.75 Å². The van der Waals surface area contributed by atoms with Gasteiger partial charge in [-0.05, 0) is 53.8 Å². The number of oxazole rings is 1. The van der Waals surface area contributed by atoms with E-state index in [0.29, 0.717) is 41.1 Å². The highest BCUT2D eigenvalue weighted by atomic mass is 32.2. The number of nitrogens with zero attached hydrogens (tertiary/aromatic N) is 2. The first-order chi connectivity index (χ1) is 15.4. The minimum atomic E-state index is -3.55. The van der Waals surface area contributed by atoms with Crippen LogP contribution in [0.15, 0.2) is 71.1 Å². The van der Waals surface area contributed by atoms with E-state index in [-0.39, 0.29) is 5.75 Å². The second kappa shape index (κ2) is 8.11. The number of sulfonamides is 1. The largest absolute Gasteiger partial charge is 0.439 e. The summed E-state index contributed by atoms with van der Waals surface area (Å²) in [5.74, 6) is -1.56. The number of halogens is 2. The second-order valence-corrected chi connectivity index (χ2v) is 9.80. The lowest BCUT2D eigenvalue weighted by Gasteiger charge is -2.21.